The van der Waals surface area contributed by atoms with Crippen LogP contribution in [0, 0.1) is 0 Å². The lowest BCUT2D eigenvalue weighted by Crippen LogP contribution is -2.19. The predicted octanol–water partition coefficient (Wildman–Crippen LogP) is 3.13. The molecule has 0 saturated heterocycles. The second-order valence-corrected chi connectivity index (χ2v) is 4.62. The van der Waals surface area contributed by atoms with Crippen LogP contribution in [0.15, 0.2) is 18.2 Å². The van der Waals surface area contributed by atoms with Crippen LogP contribution in [-0.4, -0.2) is 17.0 Å². The van der Waals surface area contributed by atoms with Crippen molar-refractivity contribution in [3.8, 4) is 5.75 Å². The number of benzene rings is 1. The Balaban J connectivity index is 3.12. The largest absolute Gasteiger partial charge is 0.573 e. The Bertz CT molecular complexity index is 432. The molecule has 0 heterocycles. The molecule has 2 N–H and O–H groups in total. The second-order valence-electron chi connectivity index (χ2n) is 3.25. The summed E-state index contributed by atoms with van der Waals surface area (Å²) >= 11 is 3.03. The third kappa shape index (κ3) is 3.62. The number of anilines is 1. The normalized spacial score (nSPS) is 13.2. The van der Waals surface area contributed by atoms with Crippen LogP contribution in [0.3, 0.4) is 0 Å². The number of Topliss-reactive ketones (excluding diaryl/α,β-unsaturated/α-hetero) is 1. The fourth-order valence-electron chi connectivity index (χ4n) is 1.19. The van der Waals surface area contributed by atoms with Crippen molar-refractivity contribution < 1.29 is 22.7 Å². The number of carbonyl (C=O) groups excluding carboxylic acids is 1. The summed E-state index contributed by atoms with van der Waals surface area (Å²) in [6, 6.07) is 3.68. The van der Waals surface area contributed by atoms with Crippen LogP contribution in [0.2, 0.25) is 0 Å². The highest BCUT2D eigenvalue weighted by Crippen LogP contribution is 2.31. The Morgan fingerprint density at radius 3 is 2.53 bits per heavy atom. The van der Waals surface area contributed by atoms with E-state index in [1.54, 1.807) is 6.92 Å². The van der Waals surface area contributed by atoms with Gasteiger partial charge in [-0.2, -0.15) is 0 Å². The highest BCUT2D eigenvalue weighted by molar-refractivity contribution is 9.10. The molecule has 0 aromatic heterocycles. The lowest BCUT2D eigenvalue weighted by molar-refractivity contribution is -0.274. The van der Waals surface area contributed by atoms with E-state index in [1.165, 1.54) is 12.1 Å². The van der Waals surface area contributed by atoms with Gasteiger partial charge in [0.1, 0.15) is 0 Å². The third-order valence-corrected chi connectivity index (χ3v) is 2.33. The lowest BCUT2D eigenvalue weighted by atomic mass is 10.1. The monoisotopic (exact) mass is 311 g/mol. The molecule has 0 amide bonds. The Labute approximate surface area is 104 Å². The van der Waals surface area contributed by atoms with Gasteiger partial charge >= 0.3 is 6.36 Å². The number of rotatable bonds is 3. The number of alkyl halides is 4. The van der Waals surface area contributed by atoms with Gasteiger partial charge in [0.25, 0.3) is 0 Å². The lowest BCUT2D eigenvalue weighted by Gasteiger charge is -2.13. The number of nitrogen functional groups attached to an aromatic ring is 1. The zero-order valence-corrected chi connectivity index (χ0v) is 10.3. The van der Waals surface area contributed by atoms with Gasteiger partial charge in [0.05, 0.1) is 10.5 Å². The van der Waals surface area contributed by atoms with Gasteiger partial charge in [-0.25, -0.2) is 0 Å². The Morgan fingerprint density at radius 2 is 2.06 bits per heavy atom. The number of hydrogen-bond donors (Lipinski definition) is 1. The first kappa shape index (κ1) is 13.8. The van der Waals surface area contributed by atoms with E-state index in [0.717, 1.165) is 6.07 Å². The van der Waals surface area contributed by atoms with Crippen LogP contribution < -0.4 is 10.5 Å². The Kier molecular flexibility index (Phi) is 4.03. The van der Waals surface area contributed by atoms with Crippen molar-refractivity contribution in [1.29, 1.82) is 0 Å². The van der Waals surface area contributed by atoms with E-state index >= 15 is 0 Å². The van der Waals surface area contributed by atoms with E-state index in [4.69, 9.17) is 5.73 Å². The fraction of sp³-hybridized carbons (Fsp3) is 0.300. The fourth-order valence-corrected chi connectivity index (χ4v) is 1.43. The van der Waals surface area contributed by atoms with Gasteiger partial charge in [-0.1, -0.05) is 22.0 Å². The maximum Gasteiger partial charge on any atom is 0.573 e. The van der Waals surface area contributed by atoms with Crippen LogP contribution >= 0.6 is 15.9 Å². The smallest absolute Gasteiger partial charge is 0.404 e. The van der Waals surface area contributed by atoms with Gasteiger partial charge in [-0.3, -0.25) is 4.79 Å². The molecule has 1 rings (SSSR count). The summed E-state index contributed by atoms with van der Waals surface area (Å²) in [6.07, 6.45) is -4.84. The summed E-state index contributed by atoms with van der Waals surface area (Å²) in [7, 11) is 0. The van der Waals surface area contributed by atoms with Crippen molar-refractivity contribution in [3.05, 3.63) is 23.8 Å². The van der Waals surface area contributed by atoms with Gasteiger partial charge in [-0.15, -0.1) is 13.2 Å². The van der Waals surface area contributed by atoms with E-state index in [9.17, 15) is 18.0 Å². The van der Waals surface area contributed by atoms with Crippen molar-refractivity contribution in [2.75, 3.05) is 5.73 Å². The first-order chi connectivity index (χ1) is 7.72. The highest BCUT2D eigenvalue weighted by Gasteiger charge is 2.32. The van der Waals surface area contributed by atoms with Gasteiger partial charge in [-0.05, 0) is 19.1 Å². The molecule has 0 saturated carbocycles. The van der Waals surface area contributed by atoms with Crippen molar-refractivity contribution in [2.45, 2.75) is 18.1 Å². The Morgan fingerprint density at radius 1 is 1.47 bits per heavy atom. The first-order valence-electron chi connectivity index (χ1n) is 4.55. The number of para-hydroxylation sites is 1. The van der Waals surface area contributed by atoms with Gasteiger partial charge in [0.2, 0.25) is 0 Å². The number of ketones is 1. The summed E-state index contributed by atoms with van der Waals surface area (Å²) in [5.74, 6) is -0.980. The zero-order valence-electron chi connectivity index (χ0n) is 8.72. The molecular formula is C10H9BrF3NO2. The molecule has 7 heteroatoms. The van der Waals surface area contributed by atoms with Crippen molar-refractivity contribution in [1.82, 2.24) is 0 Å². The molecule has 1 unspecified atom stereocenters. The molecule has 1 atom stereocenters. The quantitative estimate of drug-likeness (QED) is 0.530. The minimum Gasteiger partial charge on any atom is -0.404 e. The van der Waals surface area contributed by atoms with E-state index in [1.807, 2.05) is 0 Å². The standard InChI is InChI=1S/C10H9BrF3NO2/c1-5(11)9(16)6-3-2-4-7(8(6)15)17-10(12,13)14/h2-5H,15H2,1H3. The average molecular weight is 312 g/mol. The summed E-state index contributed by atoms with van der Waals surface area (Å²) in [5.41, 5.74) is 5.14. The molecule has 1 aromatic rings. The predicted molar refractivity (Wildman–Crippen MR) is 60.3 cm³/mol. The molecular weight excluding hydrogens is 303 g/mol. The van der Waals surface area contributed by atoms with E-state index in [2.05, 4.69) is 20.7 Å². The second kappa shape index (κ2) is 4.95. The average Bonchev–Trinajstić information content (AvgIpc) is 2.18. The molecule has 0 aliphatic rings. The van der Waals surface area contributed by atoms with Crippen LogP contribution in [0.5, 0.6) is 5.75 Å². The van der Waals surface area contributed by atoms with Crippen LogP contribution in [0.25, 0.3) is 0 Å². The van der Waals surface area contributed by atoms with Gasteiger partial charge < -0.3 is 10.5 Å². The van der Waals surface area contributed by atoms with E-state index < -0.39 is 22.7 Å². The maximum atomic E-state index is 12.0. The van der Waals surface area contributed by atoms with E-state index in [0.29, 0.717) is 0 Å². The van der Waals surface area contributed by atoms with Crippen molar-refractivity contribution in [2.24, 2.45) is 0 Å². The summed E-state index contributed by atoms with van der Waals surface area (Å²) in [5, 5.41) is 0. The number of hydrogen-bond acceptors (Lipinski definition) is 3. The number of ether oxygens (including phenoxy) is 1. The molecule has 0 radical (unpaired) electrons. The van der Waals surface area contributed by atoms with Gasteiger partial charge in [0, 0.05) is 5.56 Å². The molecule has 0 spiro atoms. The molecule has 94 valence electrons. The number of carbonyl (C=O) groups is 1. The highest BCUT2D eigenvalue weighted by atomic mass is 79.9. The van der Waals surface area contributed by atoms with Crippen LogP contribution in [0.1, 0.15) is 17.3 Å². The molecule has 3 nitrogen and oxygen atoms in total. The molecule has 0 bridgehead atoms. The molecule has 1 aromatic carbocycles. The first-order valence-corrected chi connectivity index (χ1v) is 5.46. The minimum absolute atomic E-state index is 0.00359. The molecule has 0 aliphatic heterocycles. The van der Waals surface area contributed by atoms with Crippen LogP contribution in [-0.2, 0) is 0 Å². The molecule has 17 heavy (non-hydrogen) atoms. The Hall–Kier alpha value is -1.24. The van der Waals surface area contributed by atoms with Crippen LogP contribution in [0.4, 0.5) is 18.9 Å². The third-order valence-electron chi connectivity index (χ3n) is 1.92. The number of nitrogens with two attached hydrogens (primary N) is 1. The molecule has 0 aliphatic carbocycles. The van der Waals surface area contributed by atoms with Crippen molar-refractivity contribution >= 4 is 27.4 Å². The topological polar surface area (TPSA) is 52.3 Å². The summed E-state index contributed by atoms with van der Waals surface area (Å²) in [6.45, 7) is 1.55. The zero-order chi connectivity index (χ0) is 13.2. The summed E-state index contributed by atoms with van der Waals surface area (Å²) < 4.78 is 39.8. The van der Waals surface area contributed by atoms with Gasteiger partial charge in [0.15, 0.2) is 11.5 Å². The minimum atomic E-state index is -4.84. The number of halogens is 4. The SMILES string of the molecule is CC(Br)C(=O)c1cccc(OC(F)(F)F)c1N. The molecule has 0 fully saturated rings. The van der Waals surface area contributed by atoms with Crippen molar-refractivity contribution in [3.63, 3.8) is 0 Å². The van der Waals surface area contributed by atoms with E-state index in [-0.39, 0.29) is 11.3 Å². The maximum absolute atomic E-state index is 12.0. The summed E-state index contributed by atoms with van der Waals surface area (Å²) in [4.78, 5) is 11.1.